The number of ether oxygens (including phenoxy) is 2. The molecule has 0 saturated heterocycles. The monoisotopic (exact) mass is 283 g/mol. The summed E-state index contributed by atoms with van der Waals surface area (Å²) < 4.78 is 11.2. The lowest BCUT2D eigenvalue weighted by Gasteiger charge is -2.11. The molecule has 0 aliphatic rings. The normalized spacial score (nSPS) is 10.2. The largest absolute Gasteiger partial charge is 0.492 e. The van der Waals surface area contributed by atoms with Gasteiger partial charge in [0.15, 0.2) is 0 Å². The Balaban J connectivity index is 2.21. The van der Waals surface area contributed by atoms with E-state index in [1.807, 2.05) is 25.1 Å². The molecule has 2 rings (SSSR count). The molecule has 0 radical (unpaired) electrons. The van der Waals surface area contributed by atoms with Crippen LogP contribution >= 0.6 is 0 Å². The van der Waals surface area contributed by atoms with Crippen molar-refractivity contribution in [3.8, 4) is 17.6 Å². The van der Waals surface area contributed by atoms with Crippen molar-refractivity contribution in [1.29, 1.82) is 0 Å². The van der Waals surface area contributed by atoms with E-state index in [4.69, 9.17) is 15.2 Å². The molecule has 0 aliphatic heterocycles. The highest BCUT2D eigenvalue weighted by Crippen LogP contribution is 2.27. The van der Waals surface area contributed by atoms with Crippen LogP contribution in [0.3, 0.4) is 0 Å². The topological polar surface area (TPSA) is 44.5 Å². The molecule has 0 atom stereocenters. The first-order valence-corrected chi connectivity index (χ1v) is 7.28. The van der Waals surface area contributed by atoms with Crippen molar-refractivity contribution < 1.29 is 9.47 Å². The highest BCUT2D eigenvalue weighted by Gasteiger charge is 2.06. The maximum Gasteiger partial charge on any atom is 0.135 e. The average Bonchev–Trinajstić information content (AvgIpc) is 2.53. The second kappa shape index (κ2) is 8.31. The third kappa shape index (κ3) is 4.22. The average molecular weight is 283 g/mol. The molecule has 0 heterocycles. The van der Waals surface area contributed by atoms with E-state index in [2.05, 4.69) is 30.0 Å². The summed E-state index contributed by atoms with van der Waals surface area (Å²) in [4.78, 5) is 0. The van der Waals surface area contributed by atoms with Crippen molar-refractivity contribution in [2.45, 2.75) is 13.3 Å². The number of rotatable bonds is 6. The number of hydrogen-bond acceptors (Lipinski definition) is 3. The Kier molecular flexibility index (Phi) is 6.08. The minimum absolute atomic E-state index is 0.340. The third-order valence-electron chi connectivity index (χ3n) is 3.10. The molecule has 0 saturated carbocycles. The van der Waals surface area contributed by atoms with Gasteiger partial charge in [-0.25, -0.2) is 0 Å². The Hall–Kier alpha value is -2.02. The predicted octanol–water partition coefficient (Wildman–Crippen LogP) is 2.96. The zero-order chi connectivity index (χ0) is 14.9. The second-order valence-electron chi connectivity index (χ2n) is 4.56. The number of hydrogen-bond donors (Lipinski definition) is 1. The molecule has 3 heteroatoms. The van der Waals surface area contributed by atoms with Crippen LogP contribution in [0.1, 0.15) is 18.9 Å². The van der Waals surface area contributed by atoms with Crippen molar-refractivity contribution in [3.05, 3.63) is 42.0 Å². The molecule has 0 spiro atoms. The molecule has 2 aromatic rings. The van der Waals surface area contributed by atoms with Gasteiger partial charge in [0.05, 0.1) is 18.7 Å². The Labute approximate surface area is 126 Å². The second-order valence-corrected chi connectivity index (χ2v) is 4.56. The minimum atomic E-state index is 0.340. The number of nitrogens with two attached hydrogens (primary N) is 1. The Morgan fingerprint density at radius 3 is 2.76 bits per heavy atom. The third-order valence-corrected chi connectivity index (χ3v) is 3.10. The van der Waals surface area contributed by atoms with Crippen LogP contribution in [0.25, 0.3) is 10.8 Å². The van der Waals surface area contributed by atoms with Gasteiger partial charge in [0.25, 0.3) is 0 Å². The molecule has 0 bridgehead atoms. The molecule has 21 heavy (non-hydrogen) atoms. The van der Waals surface area contributed by atoms with Gasteiger partial charge in [-0.1, -0.05) is 42.2 Å². The van der Waals surface area contributed by atoms with Crippen LogP contribution in [-0.4, -0.2) is 26.4 Å². The standard InChI is InChI=1S/C18H21NO2/c1-2-20-13-6-14-21-18-11-10-15-7-3-4-8-16(15)17(18)9-5-12-19/h3-4,7-8,10-11H,2,6,12-14,19H2,1H3. The summed E-state index contributed by atoms with van der Waals surface area (Å²) in [5.74, 6) is 6.87. The van der Waals surface area contributed by atoms with Crippen molar-refractivity contribution in [1.82, 2.24) is 0 Å². The first-order chi connectivity index (χ1) is 10.4. The van der Waals surface area contributed by atoms with E-state index in [-0.39, 0.29) is 0 Å². The molecule has 2 N–H and O–H groups in total. The van der Waals surface area contributed by atoms with Gasteiger partial charge < -0.3 is 15.2 Å². The van der Waals surface area contributed by atoms with Crippen molar-refractivity contribution in [2.75, 3.05) is 26.4 Å². The van der Waals surface area contributed by atoms with Gasteiger partial charge in [0, 0.05) is 25.0 Å². The van der Waals surface area contributed by atoms with Crippen molar-refractivity contribution in [2.24, 2.45) is 5.73 Å². The van der Waals surface area contributed by atoms with Gasteiger partial charge in [-0.3, -0.25) is 0 Å². The molecule has 0 unspecified atom stereocenters. The quantitative estimate of drug-likeness (QED) is 0.655. The molecule has 0 aliphatic carbocycles. The van der Waals surface area contributed by atoms with Gasteiger partial charge in [-0.2, -0.15) is 0 Å². The van der Waals surface area contributed by atoms with Crippen LogP contribution in [0.2, 0.25) is 0 Å². The zero-order valence-electron chi connectivity index (χ0n) is 12.4. The van der Waals surface area contributed by atoms with Crippen LogP contribution < -0.4 is 10.5 Å². The van der Waals surface area contributed by atoms with E-state index in [9.17, 15) is 0 Å². The van der Waals surface area contributed by atoms with E-state index in [0.717, 1.165) is 35.1 Å². The maximum atomic E-state index is 5.87. The van der Waals surface area contributed by atoms with Gasteiger partial charge in [0.1, 0.15) is 5.75 Å². The SMILES string of the molecule is CCOCCCOc1ccc2ccccc2c1C#CCN. The Morgan fingerprint density at radius 1 is 1.10 bits per heavy atom. The van der Waals surface area contributed by atoms with Crippen molar-refractivity contribution in [3.63, 3.8) is 0 Å². The lowest BCUT2D eigenvalue weighted by molar-refractivity contribution is 0.131. The molecule has 2 aromatic carbocycles. The fourth-order valence-electron chi connectivity index (χ4n) is 2.13. The summed E-state index contributed by atoms with van der Waals surface area (Å²) in [6, 6.07) is 12.2. The van der Waals surface area contributed by atoms with Crippen LogP contribution in [0.4, 0.5) is 0 Å². The maximum absolute atomic E-state index is 5.87. The minimum Gasteiger partial charge on any atom is -0.492 e. The van der Waals surface area contributed by atoms with Crippen LogP contribution in [-0.2, 0) is 4.74 Å². The first kappa shape index (κ1) is 15.4. The molecule has 0 amide bonds. The van der Waals surface area contributed by atoms with E-state index >= 15 is 0 Å². The highest BCUT2D eigenvalue weighted by atomic mass is 16.5. The van der Waals surface area contributed by atoms with Gasteiger partial charge in [0.2, 0.25) is 0 Å². The van der Waals surface area contributed by atoms with Crippen LogP contribution in [0.5, 0.6) is 5.75 Å². The summed E-state index contributed by atoms with van der Waals surface area (Å²) in [5.41, 5.74) is 6.41. The number of benzene rings is 2. The van der Waals surface area contributed by atoms with Gasteiger partial charge in [-0.15, -0.1) is 0 Å². The Morgan fingerprint density at radius 2 is 1.95 bits per heavy atom. The van der Waals surface area contributed by atoms with E-state index in [1.165, 1.54) is 0 Å². The lowest BCUT2D eigenvalue weighted by Crippen LogP contribution is -2.04. The molecule has 0 aromatic heterocycles. The van der Waals surface area contributed by atoms with Gasteiger partial charge >= 0.3 is 0 Å². The van der Waals surface area contributed by atoms with E-state index in [1.54, 1.807) is 0 Å². The van der Waals surface area contributed by atoms with Gasteiger partial charge in [-0.05, 0) is 18.4 Å². The summed E-state index contributed by atoms with van der Waals surface area (Å²) in [5, 5.41) is 2.25. The molecule has 110 valence electrons. The smallest absolute Gasteiger partial charge is 0.135 e. The molecule has 0 fully saturated rings. The molecular formula is C18H21NO2. The number of fused-ring (bicyclic) bond motifs is 1. The Bertz CT molecular complexity index is 640. The first-order valence-electron chi connectivity index (χ1n) is 7.28. The summed E-state index contributed by atoms with van der Waals surface area (Å²) in [6.45, 7) is 4.41. The predicted molar refractivity (Wildman–Crippen MR) is 86.5 cm³/mol. The zero-order valence-corrected chi connectivity index (χ0v) is 12.4. The summed E-state index contributed by atoms with van der Waals surface area (Å²) in [7, 11) is 0. The summed E-state index contributed by atoms with van der Waals surface area (Å²) in [6.07, 6.45) is 0.866. The van der Waals surface area contributed by atoms with Crippen LogP contribution in [0.15, 0.2) is 36.4 Å². The molecule has 3 nitrogen and oxygen atoms in total. The van der Waals surface area contributed by atoms with Crippen molar-refractivity contribution >= 4 is 10.8 Å². The van der Waals surface area contributed by atoms with E-state index < -0.39 is 0 Å². The molecular weight excluding hydrogens is 262 g/mol. The highest BCUT2D eigenvalue weighted by molar-refractivity contribution is 5.90. The van der Waals surface area contributed by atoms with Crippen LogP contribution in [0, 0.1) is 11.8 Å². The summed E-state index contributed by atoms with van der Waals surface area (Å²) >= 11 is 0. The lowest BCUT2D eigenvalue weighted by atomic mass is 10.0. The fraction of sp³-hybridized carbons (Fsp3) is 0.333. The fourth-order valence-corrected chi connectivity index (χ4v) is 2.13. The van der Waals surface area contributed by atoms with E-state index in [0.29, 0.717) is 19.8 Å².